The number of fused-ring (bicyclic) bond motifs is 1. The number of ether oxygens (including phenoxy) is 1. The van der Waals surface area contributed by atoms with Crippen LogP contribution >= 0.6 is 0 Å². The predicted octanol–water partition coefficient (Wildman–Crippen LogP) is 4.52. The van der Waals surface area contributed by atoms with Gasteiger partial charge in [-0.05, 0) is 69.2 Å². The Morgan fingerprint density at radius 1 is 1.22 bits per heavy atom. The van der Waals surface area contributed by atoms with E-state index in [0.29, 0.717) is 17.1 Å². The molecule has 2 amide bonds. The Morgan fingerprint density at radius 2 is 1.88 bits per heavy atom. The zero-order valence-electron chi connectivity index (χ0n) is 24.7. The number of benzene rings is 1. The molecule has 1 fully saturated rings. The zero-order valence-corrected chi connectivity index (χ0v) is 24.7. The summed E-state index contributed by atoms with van der Waals surface area (Å²) in [5.41, 5.74) is 18.7. The highest BCUT2D eigenvalue weighted by Gasteiger charge is 2.24. The van der Waals surface area contributed by atoms with Crippen molar-refractivity contribution in [3.05, 3.63) is 54.4 Å². The maximum atomic E-state index is 11.9. The summed E-state index contributed by atoms with van der Waals surface area (Å²) in [6.07, 6.45) is 9.66. The number of nitrogens with two attached hydrogens (primary N) is 2. The average molecular weight is 562 g/mol. The summed E-state index contributed by atoms with van der Waals surface area (Å²) in [6.45, 7) is 10.1. The standard InChI is InChI=1S/C23H26N6O.C5H9NO.C3H8O/c1-13(2)23(30)28-17-10-6-15(7-11-17)20-18(14-4-8-16(24)9-5-14)19-21(25)26-12-27-22(19)29(20)3;7-5-6-3-1-2-4-6;1-3-4-2/h4,6-7,10-12,16H,1,5,8-9,24H2,2-3H3,(H,28,30)(H2,25,26,27);5H,1-4H2;3H2,1-2H3/t16-;;/m1../s1. The molecule has 3 heterocycles. The van der Waals surface area contributed by atoms with Crippen molar-refractivity contribution < 1.29 is 14.3 Å². The molecule has 0 saturated carbocycles. The van der Waals surface area contributed by atoms with Gasteiger partial charge in [-0.15, -0.1) is 0 Å². The lowest BCUT2D eigenvalue weighted by Gasteiger charge is -2.20. The van der Waals surface area contributed by atoms with E-state index in [9.17, 15) is 9.59 Å². The summed E-state index contributed by atoms with van der Waals surface area (Å²) >= 11 is 0. The van der Waals surface area contributed by atoms with Crippen LogP contribution in [0.2, 0.25) is 0 Å². The summed E-state index contributed by atoms with van der Waals surface area (Å²) in [4.78, 5) is 32.4. The molecular formula is C31H43N7O3. The molecule has 3 aromatic rings. The minimum Gasteiger partial charge on any atom is -0.385 e. The number of carbonyl (C=O) groups excluding carboxylic acids is 2. The van der Waals surface area contributed by atoms with Gasteiger partial charge in [-0.1, -0.05) is 24.8 Å². The van der Waals surface area contributed by atoms with E-state index in [4.69, 9.17) is 11.5 Å². The second kappa shape index (κ2) is 15.1. The Hall–Kier alpha value is -4.02. The number of nitrogens with zero attached hydrogens (tertiary/aromatic N) is 4. The van der Waals surface area contributed by atoms with Gasteiger partial charge in [0.1, 0.15) is 17.8 Å². The van der Waals surface area contributed by atoms with E-state index in [2.05, 4.69) is 37.2 Å². The number of allylic oxidation sites excluding steroid dienone is 1. The lowest BCUT2D eigenvalue weighted by atomic mass is 9.88. The van der Waals surface area contributed by atoms with E-state index in [1.807, 2.05) is 38.2 Å². The summed E-state index contributed by atoms with van der Waals surface area (Å²) < 4.78 is 6.60. The van der Waals surface area contributed by atoms with Crippen molar-refractivity contribution in [2.24, 2.45) is 12.8 Å². The number of nitrogens with one attached hydrogen (secondary N) is 1. The summed E-state index contributed by atoms with van der Waals surface area (Å²) in [7, 11) is 3.67. The third-order valence-electron chi connectivity index (χ3n) is 7.15. The van der Waals surface area contributed by atoms with Crippen molar-refractivity contribution in [3.8, 4) is 11.3 Å². The number of aryl methyl sites for hydroxylation is 1. The maximum Gasteiger partial charge on any atom is 0.250 e. The lowest BCUT2D eigenvalue weighted by molar-refractivity contribution is -0.117. The van der Waals surface area contributed by atoms with Gasteiger partial charge in [0.15, 0.2) is 0 Å². The smallest absolute Gasteiger partial charge is 0.250 e. The molecule has 5 N–H and O–H groups in total. The van der Waals surface area contributed by atoms with Gasteiger partial charge in [0.05, 0.1) is 11.1 Å². The predicted molar refractivity (Wildman–Crippen MR) is 166 cm³/mol. The molecule has 1 aliphatic carbocycles. The van der Waals surface area contributed by atoms with Crippen LogP contribution in [0.25, 0.3) is 27.9 Å². The van der Waals surface area contributed by atoms with Gasteiger partial charge in [-0.2, -0.15) is 0 Å². The molecule has 2 aromatic heterocycles. The van der Waals surface area contributed by atoms with Gasteiger partial charge < -0.3 is 31.0 Å². The number of aromatic nitrogens is 3. The summed E-state index contributed by atoms with van der Waals surface area (Å²) in [5, 5.41) is 3.71. The van der Waals surface area contributed by atoms with Gasteiger partial charge in [0, 0.05) is 56.7 Å². The lowest BCUT2D eigenvalue weighted by Crippen LogP contribution is -2.21. The van der Waals surface area contributed by atoms with E-state index in [-0.39, 0.29) is 11.9 Å². The molecule has 5 rings (SSSR count). The minimum absolute atomic E-state index is 0.192. The largest absolute Gasteiger partial charge is 0.385 e. The summed E-state index contributed by atoms with van der Waals surface area (Å²) in [5.74, 6) is 0.276. The Morgan fingerprint density at radius 3 is 2.39 bits per heavy atom. The van der Waals surface area contributed by atoms with Crippen molar-refractivity contribution in [2.45, 2.75) is 52.0 Å². The number of anilines is 2. The fourth-order valence-corrected chi connectivity index (χ4v) is 4.80. The van der Waals surface area contributed by atoms with Crippen LogP contribution in [0.5, 0.6) is 0 Å². The Bertz CT molecular complexity index is 1370. The molecule has 0 radical (unpaired) electrons. The number of rotatable bonds is 6. The van der Waals surface area contributed by atoms with Gasteiger partial charge in [-0.25, -0.2) is 9.97 Å². The van der Waals surface area contributed by atoms with Crippen molar-refractivity contribution >= 4 is 40.4 Å². The van der Waals surface area contributed by atoms with Crippen LogP contribution in [0.3, 0.4) is 0 Å². The van der Waals surface area contributed by atoms with Crippen LogP contribution in [0.15, 0.2) is 48.8 Å². The number of hydrogen-bond acceptors (Lipinski definition) is 7. The van der Waals surface area contributed by atoms with Crippen LogP contribution in [0.4, 0.5) is 11.5 Å². The Kier molecular flexibility index (Phi) is 11.6. The molecule has 41 heavy (non-hydrogen) atoms. The van der Waals surface area contributed by atoms with E-state index in [1.54, 1.807) is 18.9 Å². The van der Waals surface area contributed by atoms with Crippen LogP contribution in [-0.4, -0.2) is 64.6 Å². The van der Waals surface area contributed by atoms with Gasteiger partial charge in [-0.3, -0.25) is 9.59 Å². The Balaban J connectivity index is 0.000000353. The molecule has 1 aromatic carbocycles. The monoisotopic (exact) mass is 561 g/mol. The van der Waals surface area contributed by atoms with E-state index in [0.717, 1.165) is 73.2 Å². The molecule has 0 bridgehead atoms. The number of methoxy groups -OCH3 is 1. The number of likely N-dealkylation sites (tertiary alicyclic amines) is 1. The number of carbonyl (C=O) groups is 2. The van der Waals surface area contributed by atoms with E-state index >= 15 is 0 Å². The van der Waals surface area contributed by atoms with Crippen LogP contribution in [-0.2, 0) is 21.4 Å². The van der Waals surface area contributed by atoms with E-state index < -0.39 is 0 Å². The molecule has 10 nitrogen and oxygen atoms in total. The fourth-order valence-electron chi connectivity index (χ4n) is 4.80. The van der Waals surface area contributed by atoms with Crippen molar-refractivity contribution in [3.63, 3.8) is 0 Å². The van der Waals surface area contributed by atoms with Gasteiger partial charge >= 0.3 is 0 Å². The number of hydrogen-bond donors (Lipinski definition) is 3. The first kappa shape index (κ1) is 31.5. The molecule has 10 heteroatoms. The topological polar surface area (TPSA) is 141 Å². The van der Waals surface area contributed by atoms with Crippen molar-refractivity contribution in [1.29, 1.82) is 0 Å². The van der Waals surface area contributed by atoms with Crippen molar-refractivity contribution in [1.82, 2.24) is 19.4 Å². The third-order valence-corrected chi connectivity index (χ3v) is 7.15. The fraction of sp³-hybridized carbons (Fsp3) is 0.419. The molecule has 0 unspecified atom stereocenters. The first-order valence-electron chi connectivity index (χ1n) is 14.0. The highest BCUT2D eigenvalue weighted by molar-refractivity contribution is 6.05. The minimum atomic E-state index is -0.195. The molecular weight excluding hydrogens is 518 g/mol. The summed E-state index contributed by atoms with van der Waals surface area (Å²) in [6, 6.07) is 7.95. The van der Waals surface area contributed by atoms with Gasteiger partial charge in [0.2, 0.25) is 6.41 Å². The Labute approximate surface area is 242 Å². The van der Waals surface area contributed by atoms with E-state index in [1.165, 1.54) is 24.7 Å². The zero-order chi connectivity index (χ0) is 29.9. The molecule has 220 valence electrons. The molecule has 2 aliphatic rings. The second-order valence-corrected chi connectivity index (χ2v) is 10.2. The van der Waals surface area contributed by atoms with Crippen LogP contribution in [0, 0.1) is 0 Å². The number of nitrogen functional groups attached to an aromatic ring is 1. The molecule has 1 aliphatic heterocycles. The second-order valence-electron chi connectivity index (χ2n) is 10.2. The third kappa shape index (κ3) is 8.02. The van der Waals surface area contributed by atoms with Gasteiger partial charge in [0.25, 0.3) is 5.91 Å². The highest BCUT2D eigenvalue weighted by Crippen LogP contribution is 2.41. The molecule has 1 saturated heterocycles. The quantitative estimate of drug-likeness (QED) is 0.297. The van der Waals surface area contributed by atoms with Crippen LogP contribution < -0.4 is 16.8 Å². The normalized spacial score (nSPS) is 16.2. The highest BCUT2D eigenvalue weighted by atomic mass is 16.5. The molecule has 1 atom stereocenters. The first-order chi connectivity index (χ1) is 19.7. The molecule has 0 spiro atoms. The average Bonchev–Trinajstić information content (AvgIpc) is 3.61. The number of amides is 2. The maximum absolute atomic E-state index is 11.9. The van der Waals surface area contributed by atoms with Crippen molar-refractivity contribution in [2.75, 3.05) is 37.9 Å². The van der Waals surface area contributed by atoms with Crippen LogP contribution in [0.1, 0.15) is 51.5 Å². The first-order valence-corrected chi connectivity index (χ1v) is 14.0. The SMILES string of the molecule is C=C(C)C(=O)Nc1ccc(-c2c(C3=CC[C@@H](N)CC3)c3c(N)ncnc3n2C)cc1.CCOC.O=CN1CCCC1.